The zero-order valence-electron chi connectivity index (χ0n) is 20.8. The van der Waals surface area contributed by atoms with E-state index in [0.717, 1.165) is 43.7 Å². The number of anilines is 1. The van der Waals surface area contributed by atoms with E-state index >= 15 is 0 Å². The zero-order valence-corrected chi connectivity index (χ0v) is 20.8. The third-order valence-corrected chi connectivity index (χ3v) is 5.10. The predicted molar refractivity (Wildman–Crippen MR) is 134 cm³/mol. The van der Waals surface area contributed by atoms with Gasteiger partial charge in [0.2, 0.25) is 0 Å². The minimum absolute atomic E-state index is 0.142. The van der Waals surface area contributed by atoms with Gasteiger partial charge in [0.1, 0.15) is 6.61 Å². The van der Waals surface area contributed by atoms with Crippen molar-refractivity contribution in [3.05, 3.63) is 59.4 Å². The van der Waals surface area contributed by atoms with Crippen LogP contribution < -0.4 is 15.5 Å². The van der Waals surface area contributed by atoms with Crippen LogP contribution in [0.15, 0.2) is 42.6 Å². The fourth-order valence-corrected chi connectivity index (χ4v) is 3.18. The minimum Gasteiger partial charge on any atom is -0.457 e. The second-order valence-corrected chi connectivity index (χ2v) is 8.52. The summed E-state index contributed by atoms with van der Waals surface area (Å²) in [6.07, 6.45) is 3.42. The summed E-state index contributed by atoms with van der Waals surface area (Å²) in [5.41, 5.74) is 2.81. The van der Waals surface area contributed by atoms with Crippen molar-refractivity contribution in [2.24, 2.45) is 5.92 Å². The number of pyridine rings is 1. The first kappa shape index (κ1) is 27.3. The van der Waals surface area contributed by atoms with Crippen molar-refractivity contribution in [2.45, 2.75) is 46.8 Å². The molecular formula is C26H38N4O4. The van der Waals surface area contributed by atoms with Crippen molar-refractivity contribution in [2.75, 3.05) is 38.2 Å². The number of ether oxygens (including phenoxy) is 2. The molecule has 0 aliphatic rings. The Morgan fingerprint density at radius 3 is 2.41 bits per heavy atom. The van der Waals surface area contributed by atoms with E-state index in [2.05, 4.69) is 29.5 Å². The van der Waals surface area contributed by atoms with E-state index in [-0.39, 0.29) is 6.61 Å². The van der Waals surface area contributed by atoms with Gasteiger partial charge in [-0.1, -0.05) is 26.0 Å². The molecule has 0 saturated heterocycles. The summed E-state index contributed by atoms with van der Waals surface area (Å²) in [6, 6.07) is 10.6. The van der Waals surface area contributed by atoms with E-state index < -0.39 is 12.1 Å². The molecule has 0 fully saturated rings. The van der Waals surface area contributed by atoms with Crippen molar-refractivity contribution in [1.82, 2.24) is 15.6 Å². The lowest BCUT2D eigenvalue weighted by Crippen LogP contribution is -2.26. The lowest BCUT2D eigenvalue weighted by molar-refractivity contribution is 0.0472. The van der Waals surface area contributed by atoms with Crippen LogP contribution in [-0.4, -0.2) is 50.3 Å². The monoisotopic (exact) mass is 470 g/mol. The molecule has 0 unspecified atom stereocenters. The molecule has 0 spiro atoms. The lowest BCUT2D eigenvalue weighted by atomic mass is 10.2. The average molecular weight is 471 g/mol. The van der Waals surface area contributed by atoms with Crippen LogP contribution in [0.4, 0.5) is 10.5 Å². The molecular weight excluding hydrogens is 432 g/mol. The van der Waals surface area contributed by atoms with E-state index in [1.54, 1.807) is 44.4 Å². The van der Waals surface area contributed by atoms with Crippen LogP contribution in [0.1, 0.15) is 55.2 Å². The van der Waals surface area contributed by atoms with Crippen LogP contribution in [0, 0.1) is 5.92 Å². The predicted octanol–water partition coefficient (Wildman–Crippen LogP) is 4.15. The first-order chi connectivity index (χ1) is 16.4. The van der Waals surface area contributed by atoms with Crippen LogP contribution in [0.2, 0.25) is 0 Å². The highest BCUT2D eigenvalue weighted by Crippen LogP contribution is 2.16. The van der Waals surface area contributed by atoms with Crippen molar-refractivity contribution in [1.29, 1.82) is 0 Å². The van der Waals surface area contributed by atoms with Crippen LogP contribution in [0.3, 0.4) is 0 Å². The van der Waals surface area contributed by atoms with Gasteiger partial charge in [0.25, 0.3) is 0 Å². The molecule has 2 aromatic rings. The Morgan fingerprint density at radius 1 is 1.03 bits per heavy atom. The molecule has 186 valence electrons. The van der Waals surface area contributed by atoms with Crippen LogP contribution in [0.5, 0.6) is 0 Å². The molecule has 2 rings (SSSR count). The van der Waals surface area contributed by atoms with Crippen LogP contribution in [0.25, 0.3) is 0 Å². The number of benzene rings is 1. The summed E-state index contributed by atoms with van der Waals surface area (Å²) in [5.74, 6) is 0.279. The minimum atomic E-state index is -0.414. The molecule has 2 N–H and O–H groups in total. The number of rotatable bonds is 14. The van der Waals surface area contributed by atoms with Gasteiger partial charge in [-0.25, -0.2) is 9.59 Å². The number of carbonyl (C=O) groups excluding carboxylic acids is 2. The van der Waals surface area contributed by atoms with E-state index in [4.69, 9.17) is 9.47 Å². The summed E-state index contributed by atoms with van der Waals surface area (Å²) in [7, 11) is 1.65. The molecule has 1 amide bonds. The van der Waals surface area contributed by atoms with Gasteiger partial charge in [-0.05, 0) is 75.1 Å². The highest BCUT2D eigenvalue weighted by atomic mass is 16.6. The highest BCUT2D eigenvalue weighted by Gasteiger charge is 2.12. The Morgan fingerprint density at radius 2 is 1.74 bits per heavy atom. The van der Waals surface area contributed by atoms with Gasteiger partial charge in [-0.2, -0.15) is 0 Å². The molecule has 0 aliphatic carbocycles. The summed E-state index contributed by atoms with van der Waals surface area (Å²) in [4.78, 5) is 30.1. The summed E-state index contributed by atoms with van der Waals surface area (Å²) in [6.45, 7) is 10.2. The third kappa shape index (κ3) is 9.89. The normalized spacial score (nSPS) is 10.9. The van der Waals surface area contributed by atoms with Gasteiger partial charge in [0.05, 0.1) is 17.9 Å². The molecule has 1 heterocycles. The molecule has 0 atom stereocenters. The molecule has 0 aliphatic heterocycles. The number of hydrogen-bond acceptors (Lipinski definition) is 7. The van der Waals surface area contributed by atoms with Crippen LogP contribution >= 0.6 is 0 Å². The van der Waals surface area contributed by atoms with E-state index in [1.165, 1.54) is 4.90 Å². The maximum Gasteiger partial charge on any atom is 0.413 e. The molecule has 1 aromatic heterocycles. The van der Waals surface area contributed by atoms with Crippen LogP contribution in [-0.2, 0) is 22.6 Å². The van der Waals surface area contributed by atoms with Gasteiger partial charge in [-0.15, -0.1) is 0 Å². The standard InChI is InChI=1S/C26H38N4O4/c1-5-33-26(32)30(4)24-10-8-21(9-11-24)19-34-25(31)22-12-15-29-23(16-22)18-28-14-7-6-13-27-17-20(2)3/h8-12,15-16,20,27-28H,5-7,13-14,17-19H2,1-4H3. The molecule has 8 nitrogen and oxygen atoms in total. The SMILES string of the molecule is CCOC(=O)N(C)c1ccc(COC(=O)c2ccnc(CNCCCCNCC(C)C)c2)cc1. The van der Waals surface area contributed by atoms with E-state index in [1.807, 2.05) is 12.1 Å². The fraction of sp³-hybridized carbons (Fsp3) is 0.500. The van der Waals surface area contributed by atoms with Gasteiger partial charge >= 0.3 is 12.1 Å². The van der Waals surface area contributed by atoms with Crippen molar-refractivity contribution in [3.63, 3.8) is 0 Å². The Kier molecular flexibility index (Phi) is 12.1. The number of esters is 1. The molecule has 0 radical (unpaired) electrons. The third-order valence-electron chi connectivity index (χ3n) is 5.10. The quantitative estimate of drug-likeness (QED) is 0.316. The number of nitrogens with one attached hydrogen (secondary N) is 2. The number of aromatic nitrogens is 1. The summed E-state index contributed by atoms with van der Waals surface area (Å²) < 4.78 is 10.4. The molecule has 0 bridgehead atoms. The smallest absolute Gasteiger partial charge is 0.413 e. The first-order valence-corrected chi connectivity index (χ1v) is 11.9. The second-order valence-electron chi connectivity index (χ2n) is 8.52. The number of amides is 1. The average Bonchev–Trinajstić information content (AvgIpc) is 2.84. The molecule has 0 saturated carbocycles. The number of carbonyl (C=O) groups is 2. The lowest BCUT2D eigenvalue weighted by Gasteiger charge is -2.16. The second kappa shape index (κ2) is 15.0. The topological polar surface area (TPSA) is 92.8 Å². The number of unbranched alkanes of at least 4 members (excludes halogenated alkanes) is 1. The maximum absolute atomic E-state index is 12.5. The summed E-state index contributed by atoms with van der Waals surface area (Å²) in [5, 5.41) is 6.82. The molecule has 8 heteroatoms. The van der Waals surface area contributed by atoms with Gasteiger partial charge in [0, 0.05) is 25.5 Å². The largest absolute Gasteiger partial charge is 0.457 e. The highest BCUT2D eigenvalue weighted by molar-refractivity contribution is 5.89. The number of nitrogens with zero attached hydrogens (tertiary/aromatic N) is 2. The Labute approximate surface area is 203 Å². The van der Waals surface area contributed by atoms with Gasteiger partial charge in [-0.3, -0.25) is 9.88 Å². The van der Waals surface area contributed by atoms with E-state index in [9.17, 15) is 9.59 Å². The first-order valence-electron chi connectivity index (χ1n) is 11.9. The Bertz CT molecular complexity index is 887. The fourth-order valence-electron chi connectivity index (χ4n) is 3.18. The van der Waals surface area contributed by atoms with E-state index in [0.29, 0.717) is 30.3 Å². The van der Waals surface area contributed by atoms with Crippen molar-refractivity contribution >= 4 is 17.7 Å². The Hall–Kier alpha value is -2.97. The Balaban J connectivity index is 1.74. The van der Waals surface area contributed by atoms with Crippen molar-refractivity contribution in [3.8, 4) is 0 Å². The maximum atomic E-state index is 12.5. The van der Waals surface area contributed by atoms with Gasteiger partial charge in [0.15, 0.2) is 0 Å². The molecule has 1 aromatic carbocycles. The van der Waals surface area contributed by atoms with Gasteiger partial charge < -0.3 is 20.1 Å². The summed E-state index contributed by atoms with van der Waals surface area (Å²) >= 11 is 0. The number of hydrogen-bond donors (Lipinski definition) is 2. The molecule has 34 heavy (non-hydrogen) atoms. The van der Waals surface area contributed by atoms with Crippen molar-refractivity contribution < 1.29 is 19.1 Å². The zero-order chi connectivity index (χ0) is 24.8.